The standard InChI is InChI=1S/C2H5BO/c1-2-4-3/h2H,1,3H2. The van der Waals surface area contributed by atoms with Gasteiger partial charge < -0.3 is 4.65 Å². The van der Waals surface area contributed by atoms with Crippen molar-refractivity contribution in [2.24, 2.45) is 0 Å². The van der Waals surface area contributed by atoms with Gasteiger partial charge in [0.1, 0.15) is 0 Å². The zero-order valence-electron chi connectivity index (χ0n) is 2.69. The SMILES string of the molecule is BOC=C. The molecule has 0 aromatic carbocycles. The topological polar surface area (TPSA) is 9.23 Å². The average Bonchev–Trinajstić information content (AvgIpc) is 1.37. The van der Waals surface area contributed by atoms with Gasteiger partial charge in [-0.25, -0.2) is 0 Å². The molecule has 0 aliphatic carbocycles. The van der Waals surface area contributed by atoms with E-state index in [-0.39, 0.29) is 0 Å². The summed E-state index contributed by atoms with van der Waals surface area (Å²) in [5.74, 6) is 0. The highest BCUT2D eigenvalue weighted by Crippen LogP contribution is 1.50. The van der Waals surface area contributed by atoms with E-state index in [1.165, 1.54) is 6.26 Å². The molecule has 0 heterocycles. The Morgan fingerprint density at radius 2 is 2.25 bits per heavy atom. The van der Waals surface area contributed by atoms with E-state index in [1.807, 2.05) is 0 Å². The van der Waals surface area contributed by atoms with E-state index in [0.717, 1.165) is 0 Å². The highest BCUT2D eigenvalue weighted by atomic mass is 16.4. The molecule has 22 valence electrons. The van der Waals surface area contributed by atoms with Crippen molar-refractivity contribution in [3.8, 4) is 0 Å². The fourth-order valence-corrected chi connectivity index (χ4v) is 0. The summed E-state index contributed by atoms with van der Waals surface area (Å²) in [5, 5.41) is 0. The summed E-state index contributed by atoms with van der Waals surface area (Å²) < 4.78 is 4.31. The summed E-state index contributed by atoms with van der Waals surface area (Å²) in [6.07, 6.45) is 1.38. The molecule has 0 radical (unpaired) electrons. The van der Waals surface area contributed by atoms with Crippen molar-refractivity contribution in [3.63, 3.8) is 0 Å². The number of hydrogen-bond donors (Lipinski definition) is 0. The summed E-state index contributed by atoms with van der Waals surface area (Å²) in [6.45, 7) is 3.26. The van der Waals surface area contributed by atoms with Crippen LogP contribution in [0.1, 0.15) is 0 Å². The third kappa shape index (κ3) is 1.60. The van der Waals surface area contributed by atoms with Crippen molar-refractivity contribution in [1.29, 1.82) is 0 Å². The summed E-state index contributed by atoms with van der Waals surface area (Å²) in [6, 6.07) is 0. The van der Waals surface area contributed by atoms with Gasteiger partial charge in [0.15, 0.2) is 0 Å². The lowest BCUT2D eigenvalue weighted by molar-refractivity contribution is 0.537. The van der Waals surface area contributed by atoms with Crippen LogP contribution in [0.2, 0.25) is 0 Å². The van der Waals surface area contributed by atoms with E-state index in [1.54, 1.807) is 8.05 Å². The quantitative estimate of drug-likeness (QED) is 0.296. The molecule has 0 aromatic heterocycles. The van der Waals surface area contributed by atoms with Crippen molar-refractivity contribution < 1.29 is 4.65 Å². The zero-order valence-corrected chi connectivity index (χ0v) is 2.69. The molecule has 0 fully saturated rings. The molecule has 0 unspecified atom stereocenters. The molecular formula is C2H5BO. The normalized spacial score (nSPS) is 5.00. The third-order valence-electron chi connectivity index (χ3n) is 0.167. The Morgan fingerprint density at radius 3 is 2.25 bits per heavy atom. The first-order chi connectivity index (χ1) is 1.91. The lowest BCUT2D eigenvalue weighted by atomic mass is 10.6. The Bertz CT molecular complexity index is 20.0. The van der Waals surface area contributed by atoms with Gasteiger partial charge in [0.05, 0.1) is 6.26 Å². The van der Waals surface area contributed by atoms with E-state index < -0.39 is 0 Å². The zero-order chi connectivity index (χ0) is 3.41. The minimum absolute atomic E-state index is 1.38. The highest BCUT2D eigenvalue weighted by Gasteiger charge is 1.38. The smallest absolute Gasteiger partial charge is 0.321 e. The first-order valence-electron chi connectivity index (χ1n) is 1.05. The molecule has 0 aromatic rings. The molecule has 0 N–H and O–H groups in total. The Kier molecular flexibility index (Phi) is 2.35. The lowest BCUT2D eigenvalue weighted by Gasteiger charge is -1.73. The predicted molar refractivity (Wildman–Crippen MR) is 19.8 cm³/mol. The van der Waals surface area contributed by atoms with Crippen LogP contribution in [0.4, 0.5) is 0 Å². The first-order valence-corrected chi connectivity index (χ1v) is 1.05. The second-order valence-electron chi connectivity index (χ2n) is 0.402. The van der Waals surface area contributed by atoms with E-state index in [4.69, 9.17) is 0 Å². The number of hydrogen-bond acceptors (Lipinski definition) is 1. The van der Waals surface area contributed by atoms with Crippen LogP contribution in [0, 0.1) is 0 Å². The van der Waals surface area contributed by atoms with Gasteiger partial charge >= 0.3 is 8.05 Å². The second-order valence-corrected chi connectivity index (χ2v) is 0.402. The monoisotopic (exact) mass is 56.0 g/mol. The third-order valence-corrected chi connectivity index (χ3v) is 0.167. The molecule has 1 nitrogen and oxygen atoms in total. The Balaban J connectivity index is 2.30. The molecule has 0 bridgehead atoms. The van der Waals surface area contributed by atoms with Crippen LogP contribution < -0.4 is 0 Å². The summed E-state index contributed by atoms with van der Waals surface area (Å²) in [7, 11) is 1.56. The van der Waals surface area contributed by atoms with Gasteiger partial charge in [0.2, 0.25) is 0 Å². The Morgan fingerprint density at radius 1 is 2.00 bits per heavy atom. The van der Waals surface area contributed by atoms with Gasteiger partial charge in [0.25, 0.3) is 0 Å². The van der Waals surface area contributed by atoms with Crippen LogP contribution in [0.5, 0.6) is 0 Å². The van der Waals surface area contributed by atoms with Crippen LogP contribution >= 0.6 is 0 Å². The largest absolute Gasteiger partial charge is 0.573 e. The molecule has 0 aliphatic rings. The number of rotatable bonds is 1. The van der Waals surface area contributed by atoms with Gasteiger partial charge in [-0.1, -0.05) is 6.58 Å². The first kappa shape index (κ1) is 3.60. The van der Waals surface area contributed by atoms with Crippen molar-refractivity contribution in [1.82, 2.24) is 0 Å². The molecule has 0 spiro atoms. The molecule has 2 heteroatoms. The van der Waals surface area contributed by atoms with Crippen molar-refractivity contribution >= 4 is 8.05 Å². The van der Waals surface area contributed by atoms with Gasteiger partial charge in [-0.2, -0.15) is 0 Å². The molecular weight excluding hydrogens is 50.8 g/mol. The van der Waals surface area contributed by atoms with Crippen molar-refractivity contribution in [3.05, 3.63) is 12.8 Å². The fraction of sp³-hybridized carbons (Fsp3) is 0. The molecule has 0 amide bonds. The maximum atomic E-state index is 4.31. The summed E-state index contributed by atoms with van der Waals surface area (Å²) in [4.78, 5) is 0. The molecule has 0 rings (SSSR count). The fourth-order valence-electron chi connectivity index (χ4n) is 0. The van der Waals surface area contributed by atoms with Crippen LogP contribution in [-0.2, 0) is 4.65 Å². The maximum absolute atomic E-state index is 4.31. The van der Waals surface area contributed by atoms with Crippen molar-refractivity contribution in [2.45, 2.75) is 0 Å². The Hall–Kier alpha value is -0.395. The molecule has 0 saturated carbocycles. The Labute approximate surface area is 26.7 Å². The summed E-state index contributed by atoms with van der Waals surface area (Å²) >= 11 is 0. The second kappa shape index (κ2) is 2.60. The molecule has 0 atom stereocenters. The minimum atomic E-state index is 1.38. The van der Waals surface area contributed by atoms with E-state index >= 15 is 0 Å². The van der Waals surface area contributed by atoms with Crippen LogP contribution in [0.25, 0.3) is 0 Å². The van der Waals surface area contributed by atoms with E-state index in [2.05, 4.69) is 11.2 Å². The van der Waals surface area contributed by atoms with Crippen LogP contribution in [0.15, 0.2) is 12.8 Å². The molecule has 0 saturated heterocycles. The van der Waals surface area contributed by atoms with Gasteiger partial charge in [-0.3, -0.25) is 0 Å². The van der Waals surface area contributed by atoms with Gasteiger partial charge in [-0.05, 0) is 0 Å². The molecule has 4 heavy (non-hydrogen) atoms. The van der Waals surface area contributed by atoms with Gasteiger partial charge in [0, 0.05) is 0 Å². The highest BCUT2D eigenvalue weighted by molar-refractivity contribution is 5.98. The lowest BCUT2D eigenvalue weighted by Crippen LogP contribution is -1.59. The van der Waals surface area contributed by atoms with Crippen molar-refractivity contribution in [2.75, 3.05) is 0 Å². The van der Waals surface area contributed by atoms with E-state index in [9.17, 15) is 0 Å². The predicted octanol–water partition coefficient (Wildman–Crippen LogP) is -0.305. The van der Waals surface area contributed by atoms with E-state index in [0.29, 0.717) is 0 Å². The van der Waals surface area contributed by atoms with Crippen LogP contribution in [-0.4, -0.2) is 8.05 Å². The average molecular weight is 55.9 g/mol. The summed E-state index contributed by atoms with van der Waals surface area (Å²) in [5.41, 5.74) is 0. The molecule has 0 aliphatic heterocycles. The van der Waals surface area contributed by atoms with Gasteiger partial charge in [-0.15, -0.1) is 0 Å². The minimum Gasteiger partial charge on any atom is -0.573 e. The maximum Gasteiger partial charge on any atom is 0.321 e. The van der Waals surface area contributed by atoms with Crippen LogP contribution in [0.3, 0.4) is 0 Å².